The molecule has 0 spiro atoms. The van der Waals surface area contributed by atoms with E-state index < -0.39 is 124 Å². The van der Waals surface area contributed by atoms with Gasteiger partial charge in [-0.15, -0.1) is 0 Å². The Morgan fingerprint density at radius 2 is 0.790 bits per heavy atom. The summed E-state index contributed by atoms with van der Waals surface area (Å²) in [6, 6.07) is -0.993. The largest absolute Gasteiger partial charge is 0.394 e. The van der Waals surface area contributed by atoms with Crippen LogP contribution in [0.1, 0.15) is 219 Å². The molecule has 17 atom stereocenters. The quantitative estimate of drug-likeness (QED) is 0.0229. The van der Waals surface area contributed by atoms with Crippen LogP contribution in [-0.2, 0) is 33.2 Å². The monoisotopic (exact) mass is 1160 g/mol. The number of aliphatic hydroxyl groups is 11. The van der Waals surface area contributed by atoms with Gasteiger partial charge in [0.2, 0.25) is 5.91 Å². The van der Waals surface area contributed by atoms with Crippen molar-refractivity contribution >= 4 is 5.91 Å². The lowest BCUT2D eigenvalue weighted by Crippen LogP contribution is -2.66. The number of amides is 1. The Morgan fingerprint density at radius 3 is 1.23 bits per heavy atom. The number of allylic oxidation sites excluding steroid dienone is 5. The molecule has 474 valence electrons. The third-order valence-electron chi connectivity index (χ3n) is 15.9. The minimum Gasteiger partial charge on any atom is -0.394 e. The first kappa shape index (κ1) is 73.3. The summed E-state index contributed by atoms with van der Waals surface area (Å²) in [7, 11) is 0. The third kappa shape index (κ3) is 28.8. The zero-order valence-corrected chi connectivity index (χ0v) is 49.5. The number of carbonyl (C=O) groups is 1. The second-order valence-electron chi connectivity index (χ2n) is 22.9. The van der Waals surface area contributed by atoms with Crippen LogP contribution in [0.5, 0.6) is 0 Å². The van der Waals surface area contributed by atoms with E-state index in [1.54, 1.807) is 6.08 Å². The molecular weight excluding hydrogens is 1050 g/mol. The highest BCUT2D eigenvalue weighted by Gasteiger charge is 2.53. The van der Waals surface area contributed by atoms with Crippen molar-refractivity contribution in [2.75, 3.05) is 26.4 Å². The average molecular weight is 1160 g/mol. The van der Waals surface area contributed by atoms with Crippen LogP contribution in [-0.4, -0.2) is 193 Å². The summed E-state index contributed by atoms with van der Waals surface area (Å²) < 4.78 is 34.2. The van der Waals surface area contributed by atoms with E-state index in [0.29, 0.717) is 12.8 Å². The molecule has 12 N–H and O–H groups in total. The number of aliphatic hydroxyl groups excluding tert-OH is 11. The molecule has 0 saturated carbocycles. The molecule has 0 aromatic carbocycles. The van der Waals surface area contributed by atoms with Gasteiger partial charge in [-0.05, 0) is 44.9 Å². The van der Waals surface area contributed by atoms with Crippen molar-refractivity contribution < 1.29 is 89.4 Å². The molecule has 3 rings (SSSR count). The zero-order chi connectivity index (χ0) is 59.0. The summed E-state index contributed by atoms with van der Waals surface area (Å²) >= 11 is 0. The van der Waals surface area contributed by atoms with E-state index in [9.17, 15) is 61.0 Å². The minimum absolute atomic E-state index is 0.235. The second kappa shape index (κ2) is 45.3. The Bertz CT molecular complexity index is 1620. The topological polar surface area (TPSA) is 307 Å². The maximum atomic E-state index is 13.3. The SMILES string of the molecule is CCCCCCCCCCCC/C=C/CC/C=C/CC/C=C/C(O)C(COC1OC(CO)C(OC2OC(CO)C(OC3OC(CO)C(O)C(O)C3O)C(O)C2O)C(O)C1O)NC(=O)CCCCCCCCCCCCCCCCCC. The van der Waals surface area contributed by atoms with Crippen LogP contribution in [0.4, 0.5) is 0 Å². The number of hydrogen-bond acceptors (Lipinski definition) is 18. The van der Waals surface area contributed by atoms with E-state index in [1.807, 2.05) is 6.08 Å². The number of carbonyl (C=O) groups excluding carboxylic acids is 1. The molecule has 17 unspecified atom stereocenters. The predicted octanol–water partition coefficient (Wildman–Crippen LogP) is 6.49. The standard InChI is InChI=1S/C62H113NO18/c1-3-5-7-9-11-13-15-17-19-21-22-23-24-25-27-29-31-33-35-37-39-46(67)45(63-50(68)40-38-36-34-32-30-28-26-20-18-16-14-12-10-8-6-4-2)44-76-60-56(74)53(71)58(48(42-65)78-60)81-62-57(75)54(72)59(49(43-66)79-62)80-61-55(73)52(70)51(69)47(41-64)77-61/h23-24,29,31,37,39,45-49,51-62,64-67,69-75H,3-22,25-28,30,32-36,38,40-44H2,1-2H3,(H,63,68)/b24-23+,31-29+,39-37+. The first-order chi connectivity index (χ1) is 39.3. The van der Waals surface area contributed by atoms with Crippen LogP contribution in [0.15, 0.2) is 36.5 Å². The summed E-state index contributed by atoms with van der Waals surface area (Å²) in [6.45, 7) is 1.71. The average Bonchev–Trinajstić information content (AvgIpc) is 3.48. The minimum atomic E-state index is -1.98. The Morgan fingerprint density at radius 1 is 0.432 bits per heavy atom. The summed E-state index contributed by atoms with van der Waals surface area (Å²) in [4.78, 5) is 13.3. The number of hydrogen-bond donors (Lipinski definition) is 12. The number of unbranched alkanes of at least 4 members (excludes halogenated alkanes) is 27. The van der Waals surface area contributed by atoms with Crippen LogP contribution in [0.2, 0.25) is 0 Å². The lowest BCUT2D eigenvalue weighted by Gasteiger charge is -2.48. The van der Waals surface area contributed by atoms with Crippen molar-refractivity contribution in [3.63, 3.8) is 0 Å². The van der Waals surface area contributed by atoms with Gasteiger partial charge in [0, 0.05) is 6.42 Å². The highest BCUT2D eigenvalue weighted by molar-refractivity contribution is 5.76. The fourth-order valence-electron chi connectivity index (χ4n) is 10.7. The molecule has 81 heavy (non-hydrogen) atoms. The van der Waals surface area contributed by atoms with E-state index in [-0.39, 0.29) is 18.9 Å². The van der Waals surface area contributed by atoms with Crippen molar-refractivity contribution in [2.45, 2.75) is 324 Å². The van der Waals surface area contributed by atoms with Gasteiger partial charge in [0.15, 0.2) is 18.9 Å². The molecule has 1 amide bonds. The molecule has 0 aliphatic carbocycles. The first-order valence-electron chi connectivity index (χ1n) is 31.7. The molecule has 0 radical (unpaired) electrons. The molecule has 0 bridgehead atoms. The summed E-state index contributed by atoms with van der Waals surface area (Å²) in [5, 5.41) is 120. The molecule has 3 aliphatic rings. The molecule has 19 heteroatoms. The zero-order valence-electron chi connectivity index (χ0n) is 49.5. The van der Waals surface area contributed by atoms with E-state index >= 15 is 0 Å². The number of nitrogens with one attached hydrogen (secondary N) is 1. The maximum absolute atomic E-state index is 13.3. The van der Waals surface area contributed by atoms with Gasteiger partial charge < -0.3 is 89.9 Å². The van der Waals surface area contributed by atoms with Crippen LogP contribution in [0.3, 0.4) is 0 Å². The van der Waals surface area contributed by atoms with Crippen LogP contribution in [0.25, 0.3) is 0 Å². The molecule has 0 aromatic heterocycles. The Balaban J connectivity index is 1.51. The van der Waals surface area contributed by atoms with E-state index in [0.717, 1.165) is 44.9 Å². The van der Waals surface area contributed by atoms with Crippen molar-refractivity contribution in [3.05, 3.63) is 36.5 Å². The van der Waals surface area contributed by atoms with Crippen molar-refractivity contribution in [3.8, 4) is 0 Å². The van der Waals surface area contributed by atoms with Crippen molar-refractivity contribution in [1.29, 1.82) is 0 Å². The van der Waals surface area contributed by atoms with Crippen LogP contribution < -0.4 is 5.32 Å². The van der Waals surface area contributed by atoms with Crippen LogP contribution >= 0.6 is 0 Å². The lowest BCUT2D eigenvalue weighted by molar-refractivity contribution is -0.379. The van der Waals surface area contributed by atoms with Crippen molar-refractivity contribution in [2.24, 2.45) is 0 Å². The Kier molecular flexibility index (Phi) is 41.0. The van der Waals surface area contributed by atoms with Gasteiger partial charge in [0.05, 0.1) is 38.6 Å². The molecule has 3 fully saturated rings. The van der Waals surface area contributed by atoms with Crippen LogP contribution in [0, 0.1) is 0 Å². The smallest absolute Gasteiger partial charge is 0.220 e. The van der Waals surface area contributed by atoms with E-state index in [4.69, 9.17) is 28.4 Å². The Hall–Kier alpha value is -1.99. The first-order valence-corrected chi connectivity index (χ1v) is 31.7. The Labute approximate surface area is 485 Å². The fraction of sp³-hybridized carbons (Fsp3) is 0.887. The molecular formula is C62H113NO18. The van der Waals surface area contributed by atoms with E-state index in [1.165, 1.54) is 141 Å². The summed E-state index contributed by atoms with van der Waals surface area (Å²) in [6.07, 6.45) is 22.6. The van der Waals surface area contributed by atoms with Gasteiger partial charge in [-0.2, -0.15) is 0 Å². The molecule has 0 aromatic rings. The fourth-order valence-corrected chi connectivity index (χ4v) is 10.7. The van der Waals surface area contributed by atoms with Gasteiger partial charge in [-0.25, -0.2) is 0 Å². The number of ether oxygens (including phenoxy) is 6. The molecule has 3 heterocycles. The number of rotatable bonds is 47. The van der Waals surface area contributed by atoms with E-state index in [2.05, 4.69) is 43.5 Å². The normalized spacial score (nSPS) is 30.0. The molecule has 19 nitrogen and oxygen atoms in total. The summed E-state index contributed by atoms with van der Waals surface area (Å²) in [5.41, 5.74) is 0. The highest BCUT2D eigenvalue weighted by Crippen LogP contribution is 2.33. The second-order valence-corrected chi connectivity index (χ2v) is 22.9. The molecule has 3 aliphatic heterocycles. The third-order valence-corrected chi connectivity index (χ3v) is 15.9. The van der Waals surface area contributed by atoms with Gasteiger partial charge in [-0.3, -0.25) is 4.79 Å². The van der Waals surface area contributed by atoms with Gasteiger partial charge in [0.25, 0.3) is 0 Å². The highest BCUT2D eigenvalue weighted by atomic mass is 16.8. The predicted molar refractivity (Wildman–Crippen MR) is 309 cm³/mol. The maximum Gasteiger partial charge on any atom is 0.220 e. The van der Waals surface area contributed by atoms with Crippen molar-refractivity contribution in [1.82, 2.24) is 5.32 Å². The molecule has 3 saturated heterocycles. The van der Waals surface area contributed by atoms with Gasteiger partial charge in [-0.1, -0.05) is 204 Å². The van der Waals surface area contributed by atoms with Gasteiger partial charge in [0.1, 0.15) is 73.2 Å². The summed E-state index contributed by atoms with van der Waals surface area (Å²) in [5.74, 6) is -0.288. The van der Waals surface area contributed by atoms with Gasteiger partial charge >= 0.3 is 0 Å². The lowest BCUT2D eigenvalue weighted by atomic mass is 9.96.